The van der Waals surface area contributed by atoms with Crippen molar-refractivity contribution in [1.82, 2.24) is 10.2 Å². The van der Waals surface area contributed by atoms with E-state index in [1.807, 2.05) is 7.05 Å². The standard InChI is InChI=1S/C15H27F3N2/c1-10-7-11(2)14(13(8-10)19-3)20-6-4-5-12(9-20)15(16,17)18/h10-14,19H,4-9H2,1-3H3. The maximum Gasteiger partial charge on any atom is 0.393 e. The first kappa shape index (κ1) is 16.1. The van der Waals surface area contributed by atoms with E-state index in [2.05, 4.69) is 24.1 Å². The van der Waals surface area contributed by atoms with E-state index in [1.165, 1.54) is 0 Å². The SMILES string of the molecule is CNC1CC(C)CC(C)C1N1CCCC(C(F)(F)F)C1. The summed E-state index contributed by atoms with van der Waals surface area (Å²) < 4.78 is 38.9. The van der Waals surface area contributed by atoms with Crippen LogP contribution in [-0.2, 0) is 0 Å². The van der Waals surface area contributed by atoms with E-state index in [-0.39, 0.29) is 12.6 Å². The van der Waals surface area contributed by atoms with Gasteiger partial charge in [0.2, 0.25) is 0 Å². The van der Waals surface area contributed by atoms with E-state index < -0.39 is 12.1 Å². The predicted molar refractivity (Wildman–Crippen MR) is 74.5 cm³/mol. The average Bonchev–Trinajstić information content (AvgIpc) is 2.36. The Bertz CT molecular complexity index is 319. The van der Waals surface area contributed by atoms with E-state index in [0.717, 1.165) is 19.4 Å². The molecular weight excluding hydrogens is 265 g/mol. The van der Waals surface area contributed by atoms with Crippen molar-refractivity contribution in [3.8, 4) is 0 Å². The molecule has 2 nitrogen and oxygen atoms in total. The van der Waals surface area contributed by atoms with Crippen LogP contribution in [0.15, 0.2) is 0 Å². The molecule has 1 N–H and O–H groups in total. The minimum absolute atomic E-state index is 0.186. The van der Waals surface area contributed by atoms with Crippen LogP contribution in [0.3, 0.4) is 0 Å². The molecule has 0 aromatic heterocycles. The quantitative estimate of drug-likeness (QED) is 0.840. The monoisotopic (exact) mass is 292 g/mol. The maximum atomic E-state index is 13.0. The molecule has 20 heavy (non-hydrogen) atoms. The van der Waals surface area contributed by atoms with Crippen LogP contribution >= 0.6 is 0 Å². The number of nitrogens with one attached hydrogen (secondary N) is 1. The van der Waals surface area contributed by atoms with E-state index in [9.17, 15) is 13.2 Å². The first-order chi connectivity index (χ1) is 9.32. The molecule has 1 saturated heterocycles. The zero-order valence-corrected chi connectivity index (χ0v) is 12.7. The lowest BCUT2D eigenvalue weighted by Crippen LogP contribution is -2.58. The Hall–Kier alpha value is -0.290. The highest BCUT2D eigenvalue weighted by molar-refractivity contribution is 4.95. The van der Waals surface area contributed by atoms with Crippen LogP contribution in [0, 0.1) is 17.8 Å². The molecule has 5 atom stereocenters. The molecule has 0 amide bonds. The molecule has 5 unspecified atom stereocenters. The molecule has 0 bridgehead atoms. The van der Waals surface area contributed by atoms with Crippen LogP contribution in [0.25, 0.3) is 0 Å². The van der Waals surface area contributed by atoms with Gasteiger partial charge in [0.1, 0.15) is 0 Å². The van der Waals surface area contributed by atoms with Gasteiger partial charge in [-0.05, 0) is 51.1 Å². The molecule has 1 aliphatic carbocycles. The number of hydrogen-bond donors (Lipinski definition) is 1. The minimum Gasteiger partial charge on any atom is -0.315 e. The van der Waals surface area contributed by atoms with Crippen molar-refractivity contribution in [2.75, 3.05) is 20.1 Å². The van der Waals surface area contributed by atoms with Crippen molar-refractivity contribution >= 4 is 0 Å². The first-order valence-electron chi connectivity index (χ1n) is 7.81. The topological polar surface area (TPSA) is 15.3 Å². The first-order valence-corrected chi connectivity index (χ1v) is 7.81. The molecule has 1 aliphatic heterocycles. The number of hydrogen-bond acceptors (Lipinski definition) is 2. The molecule has 2 rings (SSSR count). The summed E-state index contributed by atoms with van der Waals surface area (Å²) in [5, 5.41) is 3.34. The van der Waals surface area contributed by atoms with Gasteiger partial charge in [-0.1, -0.05) is 13.8 Å². The third kappa shape index (κ3) is 3.48. The predicted octanol–water partition coefficient (Wildman–Crippen LogP) is 3.28. The Morgan fingerprint density at radius 1 is 1.15 bits per heavy atom. The lowest BCUT2D eigenvalue weighted by Gasteiger charge is -2.48. The van der Waals surface area contributed by atoms with Gasteiger partial charge in [0.15, 0.2) is 0 Å². The molecule has 2 aliphatic rings. The highest BCUT2D eigenvalue weighted by atomic mass is 19.4. The summed E-state index contributed by atoms with van der Waals surface area (Å²) in [5.74, 6) is -0.0228. The average molecular weight is 292 g/mol. The van der Waals surface area contributed by atoms with Gasteiger partial charge in [-0.15, -0.1) is 0 Å². The third-order valence-electron chi connectivity index (χ3n) is 5.13. The van der Waals surface area contributed by atoms with Crippen molar-refractivity contribution < 1.29 is 13.2 Å². The molecule has 0 spiro atoms. The summed E-state index contributed by atoms with van der Waals surface area (Å²) in [5.41, 5.74) is 0. The van der Waals surface area contributed by atoms with Crippen molar-refractivity contribution in [1.29, 1.82) is 0 Å². The number of piperidine rings is 1. The lowest BCUT2D eigenvalue weighted by atomic mass is 9.75. The number of likely N-dealkylation sites (N-methyl/N-ethyl adjacent to an activating group) is 1. The molecule has 0 radical (unpaired) electrons. The number of halogens is 3. The fourth-order valence-electron chi connectivity index (χ4n) is 4.29. The highest BCUT2D eigenvalue weighted by Gasteiger charge is 2.45. The normalized spacial score (nSPS) is 40.8. The molecule has 0 aromatic rings. The maximum absolute atomic E-state index is 13.0. The molecule has 1 saturated carbocycles. The second-order valence-corrected chi connectivity index (χ2v) is 6.82. The summed E-state index contributed by atoms with van der Waals surface area (Å²) in [6.45, 7) is 5.44. The minimum atomic E-state index is -4.04. The van der Waals surface area contributed by atoms with Gasteiger partial charge in [-0.3, -0.25) is 4.90 Å². The summed E-state index contributed by atoms with van der Waals surface area (Å²) in [4.78, 5) is 2.11. The van der Waals surface area contributed by atoms with Crippen molar-refractivity contribution in [2.45, 2.75) is 57.8 Å². The fourth-order valence-corrected chi connectivity index (χ4v) is 4.29. The Morgan fingerprint density at radius 3 is 2.45 bits per heavy atom. The third-order valence-corrected chi connectivity index (χ3v) is 5.13. The Kier molecular flexibility index (Phi) is 5.00. The van der Waals surface area contributed by atoms with E-state index in [4.69, 9.17) is 0 Å². The molecule has 5 heteroatoms. The Labute approximate surface area is 120 Å². The summed E-state index contributed by atoms with van der Waals surface area (Å²) in [6, 6.07) is 0.571. The molecular formula is C15H27F3N2. The molecule has 1 heterocycles. The van der Waals surface area contributed by atoms with E-state index in [1.54, 1.807) is 0 Å². The van der Waals surface area contributed by atoms with Gasteiger partial charge in [-0.25, -0.2) is 0 Å². The molecule has 118 valence electrons. The van der Waals surface area contributed by atoms with Crippen LogP contribution in [0.4, 0.5) is 13.2 Å². The summed E-state index contributed by atoms with van der Waals surface area (Å²) >= 11 is 0. The zero-order valence-electron chi connectivity index (χ0n) is 12.7. The van der Waals surface area contributed by atoms with Crippen LogP contribution in [0.5, 0.6) is 0 Å². The van der Waals surface area contributed by atoms with Crippen molar-refractivity contribution in [2.24, 2.45) is 17.8 Å². The van der Waals surface area contributed by atoms with Gasteiger partial charge < -0.3 is 5.32 Å². The van der Waals surface area contributed by atoms with Gasteiger partial charge >= 0.3 is 6.18 Å². The van der Waals surface area contributed by atoms with Crippen LogP contribution < -0.4 is 5.32 Å². The van der Waals surface area contributed by atoms with Crippen LogP contribution in [-0.4, -0.2) is 43.3 Å². The van der Waals surface area contributed by atoms with Gasteiger partial charge in [0.25, 0.3) is 0 Å². The van der Waals surface area contributed by atoms with Gasteiger partial charge in [0, 0.05) is 18.6 Å². The van der Waals surface area contributed by atoms with Crippen LogP contribution in [0.2, 0.25) is 0 Å². The van der Waals surface area contributed by atoms with Crippen molar-refractivity contribution in [3.05, 3.63) is 0 Å². The number of rotatable bonds is 2. The second-order valence-electron chi connectivity index (χ2n) is 6.82. The Morgan fingerprint density at radius 2 is 1.85 bits per heavy atom. The van der Waals surface area contributed by atoms with E-state index in [0.29, 0.717) is 30.7 Å². The van der Waals surface area contributed by atoms with Gasteiger partial charge in [0.05, 0.1) is 5.92 Å². The molecule has 0 aromatic carbocycles. The number of likely N-dealkylation sites (tertiary alicyclic amines) is 1. The zero-order chi connectivity index (χ0) is 14.9. The van der Waals surface area contributed by atoms with Crippen molar-refractivity contribution in [3.63, 3.8) is 0 Å². The number of alkyl halides is 3. The highest BCUT2D eigenvalue weighted by Crippen LogP contribution is 2.38. The van der Waals surface area contributed by atoms with E-state index >= 15 is 0 Å². The fraction of sp³-hybridized carbons (Fsp3) is 1.00. The van der Waals surface area contributed by atoms with Gasteiger partial charge in [-0.2, -0.15) is 13.2 Å². The summed E-state index contributed by atoms with van der Waals surface area (Å²) in [6.07, 6.45) is -0.894. The number of nitrogens with zero attached hydrogens (tertiary/aromatic N) is 1. The van der Waals surface area contributed by atoms with Crippen LogP contribution in [0.1, 0.15) is 39.5 Å². The largest absolute Gasteiger partial charge is 0.393 e. The second kappa shape index (κ2) is 6.22. The lowest BCUT2D eigenvalue weighted by molar-refractivity contribution is -0.190. The smallest absolute Gasteiger partial charge is 0.315 e. The molecule has 2 fully saturated rings. The summed E-state index contributed by atoms with van der Waals surface area (Å²) in [7, 11) is 1.94. The Balaban J connectivity index is 2.08.